The van der Waals surface area contributed by atoms with E-state index in [1.54, 1.807) is 13.0 Å². The second-order valence-electron chi connectivity index (χ2n) is 1.34. The van der Waals surface area contributed by atoms with Gasteiger partial charge in [0.15, 0.2) is 0 Å². The molecule has 0 radical (unpaired) electrons. The van der Waals surface area contributed by atoms with Gasteiger partial charge in [-0.2, -0.15) is 0 Å². The number of rotatable bonds is 1. The van der Waals surface area contributed by atoms with E-state index >= 15 is 0 Å². The lowest BCUT2D eigenvalue weighted by atomic mass is 10.5. The zero-order chi connectivity index (χ0) is 7.70. The molecule has 0 amide bonds. The van der Waals surface area contributed by atoms with Gasteiger partial charge in [-0.3, -0.25) is 4.79 Å². The highest BCUT2D eigenvalue weighted by atomic mass is 16.5. The van der Waals surface area contributed by atoms with Gasteiger partial charge in [-0.05, 0) is 6.92 Å². The fourth-order valence-corrected chi connectivity index (χ4v) is 0.144. The molecule has 2 heteroatoms. The third-order valence-electron chi connectivity index (χ3n) is 0.516. The smallest absolute Gasteiger partial charge is 0.305 e. The van der Waals surface area contributed by atoms with Crippen molar-refractivity contribution < 1.29 is 9.53 Å². The fraction of sp³-hybridized carbons (Fsp3) is 0.571. The minimum Gasteiger partial charge on any atom is -0.469 e. The molecule has 2 nitrogen and oxygen atoms in total. The lowest BCUT2D eigenvalue weighted by molar-refractivity contribution is -0.140. The highest BCUT2D eigenvalue weighted by Crippen LogP contribution is 1.76. The molecule has 0 aromatic carbocycles. The van der Waals surface area contributed by atoms with E-state index in [9.17, 15) is 4.79 Å². The molecule has 0 heterocycles. The van der Waals surface area contributed by atoms with E-state index in [0.29, 0.717) is 6.42 Å². The van der Waals surface area contributed by atoms with Crippen LogP contribution in [0, 0.1) is 0 Å². The van der Waals surface area contributed by atoms with Crippen molar-refractivity contribution in [2.24, 2.45) is 0 Å². The molecular weight excluding hydrogens is 116 g/mol. The van der Waals surface area contributed by atoms with Crippen LogP contribution in [0.4, 0.5) is 0 Å². The van der Waals surface area contributed by atoms with Crippen molar-refractivity contribution in [3.63, 3.8) is 0 Å². The highest BCUT2D eigenvalue weighted by Gasteiger charge is 1.87. The van der Waals surface area contributed by atoms with Crippen LogP contribution in [0.25, 0.3) is 0 Å². The number of allylic oxidation sites excluding steroid dienone is 1. The summed E-state index contributed by atoms with van der Waals surface area (Å²) in [4.78, 5) is 9.96. The van der Waals surface area contributed by atoms with Crippen LogP contribution in [0.15, 0.2) is 12.7 Å². The Bertz CT molecular complexity index is 71.0. The molecule has 0 unspecified atom stereocenters. The van der Waals surface area contributed by atoms with Crippen molar-refractivity contribution in [2.75, 3.05) is 7.11 Å². The van der Waals surface area contributed by atoms with E-state index < -0.39 is 0 Å². The molecule has 0 fully saturated rings. The van der Waals surface area contributed by atoms with Crippen molar-refractivity contribution in [2.45, 2.75) is 20.3 Å². The number of methoxy groups -OCH3 is 1. The maximum absolute atomic E-state index is 9.96. The van der Waals surface area contributed by atoms with Crippen molar-refractivity contribution in [3.8, 4) is 0 Å². The van der Waals surface area contributed by atoms with Gasteiger partial charge in [0, 0.05) is 6.42 Å². The standard InChI is InChI=1S/C4H8O2.C3H6/c1-3-4(5)6-2;1-3-2/h3H2,1-2H3;3H,1H2,2H3. The van der Waals surface area contributed by atoms with Gasteiger partial charge in [-0.1, -0.05) is 13.0 Å². The van der Waals surface area contributed by atoms with E-state index in [1.807, 2.05) is 6.92 Å². The number of carbonyl (C=O) groups is 1. The van der Waals surface area contributed by atoms with Crippen LogP contribution in [-0.4, -0.2) is 13.1 Å². The normalized spacial score (nSPS) is 6.56. The Morgan fingerprint density at radius 2 is 2.11 bits per heavy atom. The molecule has 54 valence electrons. The Hall–Kier alpha value is -0.790. The third-order valence-corrected chi connectivity index (χ3v) is 0.516. The number of hydrogen-bond donors (Lipinski definition) is 0. The van der Waals surface area contributed by atoms with Gasteiger partial charge in [0.25, 0.3) is 0 Å². The summed E-state index contributed by atoms with van der Waals surface area (Å²) < 4.78 is 4.26. The first-order valence-corrected chi connectivity index (χ1v) is 2.86. The predicted molar refractivity (Wildman–Crippen MR) is 38.2 cm³/mol. The van der Waals surface area contributed by atoms with Gasteiger partial charge in [0.05, 0.1) is 7.11 Å². The SMILES string of the molecule is C=CC.CCC(=O)OC. The average Bonchev–Trinajstić information content (AvgIpc) is 1.88. The monoisotopic (exact) mass is 130 g/mol. The summed E-state index contributed by atoms with van der Waals surface area (Å²) in [5, 5.41) is 0. The first-order chi connectivity index (χ1) is 4.22. The fourth-order valence-electron chi connectivity index (χ4n) is 0.144. The van der Waals surface area contributed by atoms with Crippen LogP contribution in [0.1, 0.15) is 20.3 Å². The van der Waals surface area contributed by atoms with Gasteiger partial charge in [-0.25, -0.2) is 0 Å². The van der Waals surface area contributed by atoms with Crippen molar-refractivity contribution in [3.05, 3.63) is 12.7 Å². The number of esters is 1. The maximum Gasteiger partial charge on any atom is 0.305 e. The molecule has 0 bridgehead atoms. The number of carbonyl (C=O) groups excluding carboxylic acids is 1. The topological polar surface area (TPSA) is 26.3 Å². The predicted octanol–water partition coefficient (Wildman–Crippen LogP) is 1.76. The Morgan fingerprint density at radius 1 is 1.78 bits per heavy atom. The number of hydrogen-bond acceptors (Lipinski definition) is 2. The second kappa shape index (κ2) is 10.2. The summed E-state index contributed by atoms with van der Waals surface area (Å²) in [5.74, 6) is -0.157. The van der Waals surface area contributed by atoms with Gasteiger partial charge >= 0.3 is 5.97 Å². The minimum atomic E-state index is -0.157. The largest absolute Gasteiger partial charge is 0.469 e. The minimum absolute atomic E-state index is 0.157. The summed E-state index contributed by atoms with van der Waals surface area (Å²) in [5.41, 5.74) is 0. The summed E-state index contributed by atoms with van der Waals surface area (Å²) in [6.07, 6.45) is 2.22. The molecule has 0 aromatic rings. The van der Waals surface area contributed by atoms with Gasteiger partial charge in [-0.15, -0.1) is 6.58 Å². The maximum atomic E-state index is 9.96. The molecule has 0 N–H and O–H groups in total. The Kier molecular flexibility index (Phi) is 12.6. The van der Waals surface area contributed by atoms with Crippen LogP contribution in [-0.2, 0) is 9.53 Å². The van der Waals surface area contributed by atoms with Crippen LogP contribution in [0.2, 0.25) is 0 Å². The summed E-state index contributed by atoms with van der Waals surface area (Å²) >= 11 is 0. The molecule has 0 saturated heterocycles. The van der Waals surface area contributed by atoms with Crippen molar-refractivity contribution >= 4 is 5.97 Å². The van der Waals surface area contributed by atoms with Crippen LogP contribution in [0.3, 0.4) is 0 Å². The molecular formula is C7H14O2. The van der Waals surface area contributed by atoms with E-state index in [-0.39, 0.29) is 5.97 Å². The first-order valence-electron chi connectivity index (χ1n) is 2.86. The molecule has 0 atom stereocenters. The summed E-state index contributed by atoms with van der Waals surface area (Å²) in [7, 11) is 1.38. The summed E-state index contributed by atoms with van der Waals surface area (Å²) in [6, 6.07) is 0. The van der Waals surface area contributed by atoms with Gasteiger partial charge in [0.1, 0.15) is 0 Å². The van der Waals surface area contributed by atoms with E-state index in [0.717, 1.165) is 0 Å². The van der Waals surface area contributed by atoms with Gasteiger partial charge in [0.2, 0.25) is 0 Å². The molecule has 0 spiro atoms. The molecule has 0 aliphatic rings. The molecule has 0 aliphatic heterocycles. The van der Waals surface area contributed by atoms with Gasteiger partial charge < -0.3 is 4.74 Å². The molecule has 0 aromatic heterocycles. The molecule has 0 saturated carbocycles. The Morgan fingerprint density at radius 3 is 2.11 bits per heavy atom. The quantitative estimate of drug-likeness (QED) is 0.399. The molecule has 9 heavy (non-hydrogen) atoms. The second-order valence-corrected chi connectivity index (χ2v) is 1.34. The average molecular weight is 130 g/mol. The molecule has 0 aliphatic carbocycles. The first kappa shape index (κ1) is 11.1. The molecule has 0 rings (SSSR count). The van der Waals surface area contributed by atoms with E-state index in [4.69, 9.17) is 0 Å². The lowest BCUT2D eigenvalue weighted by Gasteiger charge is -1.87. The Labute approximate surface area is 56.5 Å². The third kappa shape index (κ3) is 19.0. The van der Waals surface area contributed by atoms with E-state index in [2.05, 4.69) is 11.3 Å². The van der Waals surface area contributed by atoms with Crippen LogP contribution in [0.5, 0.6) is 0 Å². The van der Waals surface area contributed by atoms with Crippen molar-refractivity contribution in [1.29, 1.82) is 0 Å². The van der Waals surface area contributed by atoms with E-state index in [1.165, 1.54) is 7.11 Å². The number of ether oxygens (including phenoxy) is 1. The Balaban J connectivity index is 0. The lowest BCUT2D eigenvalue weighted by Crippen LogP contribution is -1.94. The highest BCUT2D eigenvalue weighted by molar-refractivity contribution is 5.68. The van der Waals surface area contributed by atoms with Crippen LogP contribution >= 0.6 is 0 Å². The van der Waals surface area contributed by atoms with Crippen LogP contribution < -0.4 is 0 Å². The summed E-state index contributed by atoms with van der Waals surface area (Å²) in [6.45, 7) is 7.01. The van der Waals surface area contributed by atoms with Crippen molar-refractivity contribution in [1.82, 2.24) is 0 Å². The zero-order valence-corrected chi connectivity index (χ0v) is 6.31. The zero-order valence-electron chi connectivity index (χ0n) is 6.31.